The Labute approximate surface area is 161 Å². The van der Waals surface area contributed by atoms with Crippen LogP contribution in [0.4, 0.5) is 0 Å². The number of carboxylic acid groups (broad SMARTS) is 2. The summed E-state index contributed by atoms with van der Waals surface area (Å²) < 4.78 is 0. The summed E-state index contributed by atoms with van der Waals surface area (Å²) in [5.41, 5.74) is -0.752. The van der Waals surface area contributed by atoms with Crippen molar-refractivity contribution in [1.82, 2.24) is 0 Å². The number of carbonyl (C=O) groups excluding carboxylic acids is 2. The fourth-order valence-electron chi connectivity index (χ4n) is 2.01. The van der Waals surface area contributed by atoms with Gasteiger partial charge in [-0.05, 0) is 17.6 Å². The summed E-state index contributed by atoms with van der Waals surface area (Å²) in [6, 6.07) is 8.59. The molecule has 1 aliphatic rings. The molecule has 6 heteroatoms. The van der Waals surface area contributed by atoms with Gasteiger partial charge in [0.25, 0.3) is 0 Å². The molecule has 1 aromatic carbocycles. The zero-order valence-electron chi connectivity index (χ0n) is 11.5. The van der Waals surface area contributed by atoms with E-state index in [0.717, 1.165) is 0 Å². The molecule has 0 spiro atoms. The van der Waals surface area contributed by atoms with Crippen LogP contribution in [-0.4, -0.2) is 11.9 Å². The summed E-state index contributed by atoms with van der Waals surface area (Å²) in [6.07, 6.45) is 3.99. The van der Waals surface area contributed by atoms with E-state index in [-0.39, 0.29) is 71.1 Å². The molecule has 20 heavy (non-hydrogen) atoms. The Balaban J connectivity index is 0.00000180. The second-order valence-corrected chi connectivity index (χ2v) is 4.11. The van der Waals surface area contributed by atoms with Crippen LogP contribution in [0.25, 0.3) is 0 Å². The summed E-state index contributed by atoms with van der Waals surface area (Å²) in [5.74, 6) is -2.56. The van der Waals surface area contributed by atoms with Crippen LogP contribution >= 0.6 is 0 Å². The van der Waals surface area contributed by atoms with Crippen LogP contribution in [0.15, 0.2) is 54.1 Å². The van der Waals surface area contributed by atoms with Gasteiger partial charge in [0.05, 0.1) is 17.4 Å². The zero-order chi connectivity index (χ0) is 13.2. The molecule has 0 radical (unpaired) electrons. The van der Waals surface area contributed by atoms with Gasteiger partial charge in [0.15, 0.2) is 0 Å². The maximum absolute atomic E-state index is 11.4. The predicted octanol–water partition coefficient (Wildman–Crippen LogP) is -6.68. The number of carbonyl (C=O) groups is 2. The van der Waals surface area contributed by atoms with Crippen molar-refractivity contribution in [2.45, 2.75) is 11.8 Å². The van der Waals surface area contributed by atoms with Gasteiger partial charge in [0, 0.05) is 0 Å². The number of rotatable bonds is 3. The third-order valence-corrected chi connectivity index (χ3v) is 3.08. The van der Waals surface area contributed by atoms with Crippen LogP contribution < -0.4 is 69.3 Å². The van der Waals surface area contributed by atoms with E-state index in [4.69, 9.17) is 0 Å². The molecule has 0 N–H and O–H groups in total. The largest absolute Gasteiger partial charge is 1.00 e. The normalized spacial score (nSPS) is 20.1. The van der Waals surface area contributed by atoms with E-state index in [9.17, 15) is 19.8 Å². The van der Waals surface area contributed by atoms with Gasteiger partial charge in [0.1, 0.15) is 0 Å². The third kappa shape index (κ3) is 3.85. The molecule has 1 atom stereocenters. The Morgan fingerprint density at radius 3 is 2.05 bits per heavy atom. The molecule has 1 aromatic rings. The topological polar surface area (TPSA) is 80.3 Å². The molecule has 0 aromatic heterocycles. The van der Waals surface area contributed by atoms with Gasteiger partial charge in [-0.25, -0.2) is 0 Å². The Hall–Kier alpha value is -0.360. The van der Waals surface area contributed by atoms with E-state index in [1.54, 1.807) is 30.3 Å². The number of benzene rings is 1. The molecule has 4 nitrogen and oxygen atoms in total. The Morgan fingerprint density at radius 2 is 1.65 bits per heavy atom. The number of aliphatic carboxylic acids is 2. The summed E-state index contributed by atoms with van der Waals surface area (Å²) in [6.45, 7) is 0. The minimum Gasteiger partial charge on any atom is -0.549 e. The van der Waals surface area contributed by atoms with Crippen molar-refractivity contribution in [3.8, 4) is 0 Å². The molecule has 0 fully saturated rings. The van der Waals surface area contributed by atoms with Crippen LogP contribution in [0.1, 0.15) is 12.0 Å². The van der Waals surface area contributed by atoms with E-state index >= 15 is 0 Å². The van der Waals surface area contributed by atoms with Gasteiger partial charge in [-0.2, -0.15) is 0 Å². The molecule has 2 rings (SSSR count). The fraction of sp³-hybridized carbons (Fsp3) is 0.143. The molecular weight excluding hydrogens is 278 g/mol. The van der Waals surface area contributed by atoms with E-state index in [1.807, 2.05) is 0 Å². The van der Waals surface area contributed by atoms with E-state index in [2.05, 4.69) is 0 Å². The van der Waals surface area contributed by atoms with Crippen molar-refractivity contribution in [1.29, 1.82) is 0 Å². The van der Waals surface area contributed by atoms with Crippen LogP contribution in [0.3, 0.4) is 0 Å². The SMILES string of the molecule is O=C([O-])C1=CCC(C(=O)[O-])(c2ccccc2)C=C1.[Na+].[Na+]. The Morgan fingerprint density at radius 1 is 1.05 bits per heavy atom. The number of hydrogen-bond acceptors (Lipinski definition) is 4. The zero-order valence-corrected chi connectivity index (χ0v) is 15.5. The number of allylic oxidation sites excluding steroid dienone is 1. The summed E-state index contributed by atoms with van der Waals surface area (Å²) >= 11 is 0. The first-order chi connectivity index (χ1) is 8.56. The number of hydrogen-bond donors (Lipinski definition) is 0. The van der Waals surface area contributed by atoms with Gasteiger partial charge in [-0.1, -0.05) is 48.6 Å². The Kier molecular flexibility index (Phi) is 8.03. The first-order valence-corrected chi connectivity index (χ1v) is 5.44. The van der Waals surface area contributed by atoms with E-state index in [1.165, 1.54) is 18.2 Å². The number of carboxylic acids is 2. The van der Waals surface area contributed by atoms with Crippen LogP contribution in [0, 0.1) is 0 Å². The molecule has 0 saturated carbocycles. The maximum Gasteiger partial charge on any atom is 1.00 e. The maximum atomic E-state index is 11.4. The first kappa shape index (κ1) is 19.6. The monoisotopic (exact) mass is 288 g/mol. The Bertz CT molecular complexity index is 552. The summed E-state index contributed by atoms with van der Waals surface area (Å²) in [7, 11) is 0. The van der Waals surface area contributed by atoms with Crippen LogP contribution in [0.2, 0.25) is 0 Å². The van der Waals surface area contributed by atoms with Crippen molar-refractivity contribution < 1.29 is 78.9 Å². The molecule has 0 heterocycles. The van der Waals surface area contributed by atoms with E-state index in [0.29, 0.717) is 5.56 Å². The standard InChI is InChI=1S/C14H12O4.2Na/c15-12(16)10-6-8-14(9-7-10,13(17)18)11-4-2-1-3-5-11;;/h1-8H,9H2,(H,15,16)(H,17,18);;/q;2*+1/p-2. The third-order valence-electron chi connectivity index (χ3n) is 3.08. The fourth-order valence-corrected chi connectivity index (χ4v) is 2.01. The van der Waals surface area contributed by atoms with Crippen molar-refractivity contribution in [2.24, 2.45) is 0 Å². The average molecular weight is 288 g/mol. The van der Waals surface area contributed by atoms with Gasteiger partial charge in [0.2, 0.25) is 0 Å². The van der Waals surface area contributed by atoms with Gasteiger partial charge < -0.3 is 19.8 Å². The van der Waals surface area contributed by atoms with Crippen molar-refractivity contribution in [3.05, 3.63) is 59.7 Å². The summed E-state index contributed by atoms with van der Waals surface area (Å²) in [4.78, 5) is 22.1. The van der Waals surface area contributed by atoms with Crippen molar-refractivity contribution in [3.63, 3.8) is 0 Å². The van der Waals surface area contributed by atoms with Gasteiger partial charge >= 0.3 is 59.1 Å². The van der Waals surface area contributed by atoms with Crippen molar-refractivity contribution in [2.75, 3.05) is 0 Å². The molecule has 1 unspecified atom stereocenters. The second kappa shape index (κ2) is 8.17. The smallest absolute Gasteiger partial charge is 0.549 e. The minimum absolute atomic E-state index is 0. The molecule has 0 saturated heterocycles. The molecule has 0 bridgehead atoms. The van der Waals surface area contributed by atoms with Gasteiger partial charge in [-0.15, -0.1) is 0 Å². The molecule has 0 aliphatic heterocycles. The average Bonchev–Trinajstić information content (AvgIpc) is 2.39. The van der Waals surface area contributed by atoms with Crippen LogP contribution in [0.5, 0.6) is 0 Å². The van der Waals surface area contributed by atoms with Crippen molar-refractivity contribution >= 4 is 11.9 Å². The van der Waals surface area contributed by atoms with E-state index < -0.39 is 17.4 Å². The van der Waals surface area contributed by atoms with Gasteiger partial charge in [-0.3, -0.25) is 0 Å². The quantitative estimate of drug-likeness (QED) is 0.518. The minimum atomic E-state index is -1.31. The summed E-state index contributed by atoms with van der Waals surface area (Å²) in [5, 5.41) is 22.1. The first-order valence-electron chi connectivity index (χ1n) is 5.44. The predicted molar refractivity (Wildman–Crippen MR) is 60.0 cm³/mol. The molecular formula is C14H10Na2O4. The van der Waals surface area contributed by atoms with Crippen LogP contribution in [-0.2, 0) is 15.0 Å². The second-order valence-electron chi connectivity index (χ2n) is 4.11. The molecule has 1 aliphatic carbocycles. The molecule has 92 valence electrons. The molecule has 0 amide bonds.